The Balaban J connectivity index is 2.13. The van der Waals surface area contributed by atoms with E-state index in [-0.39, 0.29) is 5.43 Å². The number of carbonyl (C=O) groups is 1. The number of thioether (sulfide) groups is 1. The zero-order valence-electron chi connectivity index (χ0n) is 8.14. The van der Waals surface area contributed by atoms with Crippen LogP contribution < -0.4 is 10.7 Å². The van der Waals surface area contributed by atoms with Crippen molar-refractivity contribution < 1.29 is 9.90 Å². The van der Waals surface area contributed by atoms with Crippen LogP contribution in [0, 0.1) is 0 Å². The third kappa shape index (κ3) is 2.25. The van der Waals surface area contributed by atoms with E-state index in [1.807, 2.05) is 0 Å². The van der Waals surface area contributed by atoms with Gasteiger partial charge in [-0.2, -0.15) is 0 Å². The highest BCUT2D eigenvalue weighted by Gasteiger charge is 2.24. The van der Waals surface area contributed by atoms with Crippen molar-refractivity contribution in [1.82, 2.24) is 4.98 Å². The lowest BCUT2D eigenvalue weighted by atomic mass is 10.4. The third-order valence-electron chi connectivity index (χ3n) is 2.00. The van der Waals surface area contributed by atoms with Crippen LogP contribution in [0.4, 0.5) is 5.69 Å². The van der Waals surface area contributed by atoms with Crippen molar-refractivity contribution in [3.05, 3.63) is 28.7 Å². The molecule has 1 aromatic rings. The Morgan fingerprint density at radius 3 is 3.12 bits per heavy atom. The molecule has 1 unspecified atom stereocenters. The lowest BCUT2D eigenvalue weighted by Gasteiger charge is -2.02. The van der Waals surface area contributed by atoms with Crippen LogP contribution in [-0.4, -0.2) is 33.0 Å². The molecule has 2 heterocycles. The molecule has 6 nitrogen and oxygen atoms in total. The minimum absolute atomic E-state index is 0.166. The summed E-state index contributed by atoms with van der Waals surface area (Å²) in [4.78, 5) is 28.7. The second kappa shape index (κ2) is 4.40. The quantitative estimate of drug-likeness (QED) is 0.692. The number of aromatic nitrogens is 1. The molecule has 7 heteroatoms. The van der Waals surface area contributed by atoms with E-state index in [2.05, 4.69) is 15.3 Å². The number of pyridine rings is 1. The Bertz CT molecular complexity index is 497. The van der Waals surface area contributed by atoms with E-state index in [9.17, 15) is 9.59 Å². The molecule has 0 saturated carbocycles. The number of aliphatic imine (C=N–C) groups is 1. The van der Waals surface area contributed by atoms with Crippen LogP contribution in [0.3, 0.4) is 0 Å². The maximum atomic E-state index is 11.4. The van der Waals surface area contributed by atoms with Crippen molar-refractivity contribution in [2.75, 3.05) is 11.1 Å². The summed E-state index contributed by atoms with van der Waals surface area (Å²) in [6, 6.07) is 0.660. The molecule has 0 bridgehead atoms. The smallest absolute Gasteiger partial charge is 0.329 e. The van der Waals surface area contributed by atoms with Crippen LogP contribution in [0.5, 0.6) is 0 Å². The number of aromatic amines is 1. The molecule has 0 spiro atoms. The van der Waals surface area contributed by atoms with Gasteiger partial charge in [0.05, 0.1) is 0 Å². The van der Waals surface area contributed by atoms with Crippen LogP contribution in [0.25, 0.3) is 0 Å². The summed E-state index contributed by atoms with van der Waals surface area (Å²) in [6.45, 7) is 0. The number of carboxylic acids is 1. The molecule has 84 valence electrons. The van der Waals surface area contributed by atoms with Gasteiger partial charge in [-0.15, -0.1) is 0 Å². The van der Waals surface area contributed by atoms with Crippen LogP contribution in [0.15, 0.2) is 28.2 Å². The fourth-order valence-electron chi connectivity index (χ4n) is 1.20. The number of carboxylic acid groups (broad SMARTS) is 1. The summed E-state index contributed by atoms with van der Waals surface area (Å²) in [5, 5.41) is 12.0. The third-order valence-corrected chi connectivity index (χ3v) is 2.97. The van der Waals surface area contributed by atoms with Gasteiger partial charge in [0, 0.05) is 24.2 Å². The van der Waals surface area contributed by atoms with Gasteiger partial charge in [0.2, 0.25) is 5.43 Å². The van der Waals surface area contributed by atoms with E-state index in [0.29, 0.717) is 16.6 Å². The molecule has 0 aromatic carbocycles. The Morgan fingerprint density at radius 1 is 1.69 bits per heavy atom. The maximum absolute atomic E-state index is 11.4. The van der Waals surface area contributed by atoms with Gasteiger partial charge in [-0.1, -0.05) is 11.8 Å². The molecule has 0 fully saturated rings. The van der Waals surface area contributed by atoms with Gasteiger partial charge >= 0.3 is 5.97 Å². The topological polar surface area (TPSA) is 94.5 Å². The Kier molecular flexibility index (Phi) is 2.95. The molecule has 0 amide bonds. The lowest BCUT2D eigenvalue weighted by Crippen LogP contribution is -2.17. The van der Waals surface area contributed by atoms with E-state index in [1.165, 1.54) is 30.2 Å². The summed E-state index contributed by atoms with van der Waals surface area (Å²) in [5.74, 6) is -0.561. The summed E-state index contributed by atoms with van der Waals surface area (Å²) in [6.07, 6.45) is 3.04. The second-order valence-corrected chi connectivity index (χ2v) is 4.16. The van der Waals surface area contributed by atoms with Gasteiger partial charge in [-0.05, 0) is 0 Å². The number of hydrogen-bond donors (Lipinski definition) is 3. The van der Waals surface area contributed by atoms with Gasteiger partial charge in [-0.25, -0.2) is 9.79 Å². The number of rotatable bonds is 2. The summed E-state index contributed by atoms with van der Waals surface area (Å²) in [7, 11) is 0. The largest absolute Gasteiger partial charge is 0.480 e. The minimum Gasteiger partial charge on any atom is -0.480 e. The zero-order valence-corrected chi connectivity index (χ0v) is 8.95. The van der Waals surface area contributed by atoms with Crippen LogP contribution >= 0.6 is 11.8 Å². The van der Waals surface area contributed by atoms with Crippen molar-refractivity contribution >= 4 is 28.6 Å². The standard InChI is InChI=1S/C9H9N3O3S/c13-7-1-2-10-3-5(7)11-9-12-6(4-16-9)8(14)15/h1-3,6H,4H2,(H,10,13)(H,11,12)(H,14,15). The van der Waals surface area contributed by atoms with E-state index in [0.717, 1.165) is 0 Å². The van der Waals surface area contributed by atoms with E-state index in [4.69, 9.17) is 5.11 Å². The molecule has 16 heavy (non-hydrogen) atoms. The fourth-order valence-corrected chi connectivity index (χ4v) is 2.11. The molecule has 1 aliphatic rings. The van der Waals surface area contributed by atoms with E-state index < -0.39 is 12.0 Å². The van der Waals surface area contributed by atoms with Crippen molar-refractivity contribution in [2.45, 2.75) is 6.04 Å². The zero-order chi connectivity index (χ0) is 11.5. The second-order valence-electron chi connectivity index (χ2n) is 3.15. The molecule has 3 N–H and O–H groups in total. The van der Waals surface area contributed by atoms with Gasteiger partial charge in [0.25, 0.3) is 0 Å². The van der Waals surface area contributed by atoms with Gasteiger partial charge in [0.15, 0.2) is 11.2 Å². The van der Waals surface area contributed by atoms with Crippen molar-refractivity contribution in [3.63, 3.8) is 0 Å². The van der Waals surface area contributed by atoms with E-state index >= 15 is 0 Å². The number of amidine groups is 1. The van der Waals surface area contributed by atoms with Gasteiger partial charge < -0.3 is 15.4 Å². The molecule has 1 aromatic heterocycles. The highest BCUT2D eigenvalue weighted by Crippen LogP contribution is 2.18. The molecule has 0 aliphatic carbocycles. The van der Waals surface area contributed by atoms with Gasteiger partial charge in [-0.3, -0.25) is 4.79 Å². The first kappa shape index (κ1) is 10.7. The predicted molar refractivity (Wildman–Crippen MR) is 62.0 cm³/mol. The minimum atomic E-state index is -0.953. The Morgan fingerprint density at radius 2 is 2.50 bits per heavy atom. The molecular formula is C9H9N3O3S. The number of anilines is 1. The highest BCUT2D eigenvalue weighted by atomic mass is 32.2. The number of nitrogens with one attached hydrogen (secondary N) is 2. The highest BCUT2D eigenvalue weighted by molar-refractivity contribution is 8.14. The SMILES string of the molecule is O=C(O)C1CSC(Nc2c[nH]ccc2=O)=N1. The number of hydrogen-bond acceptors (Lipinski definition) is 5. The number of nitrogens with zero attached hydrogens (tertiary/aromatic N) is 1. The first-order valence-corrected chi connectivity index (χ1v) is 5.53. The summed E-state index contributed by atoms with van der Waals surface area (Å²) in [5.41, 5.74) is 0.195. The van der Waals surface area contributed by atoms with Gasteiger partial charge in [0.1, 0.15) is 5.69 Å². The van der Waals surface area contributed by atoms with Crippen LogP contribution in [0.1, 0.15) is 0 Å². The summed E-state index contributed by atoms with van der Waals surface area (Å²) >= 11 is 1.29. The van der Waals surface area contributed by atoms with Crippen LogP contribution in [0.2, 0.25) is 0 Å². The molecule has 2 rings (SSSR count). The monoisotopic (exact) mass is 239 g/mol. The molecule has 1 aliphatic heterocycles. The number of aliphatic carboxylic acids is 1. The first-order chi connectivity index (χ1) is 7.66. The first-order valence-electron chi connectivity index (χ1n) is 4.54. The van der Waals surface area contributed by atoms with Crippen molar-refractivity contribution in [2.24, 2.45) is 4.99 Å². The average Bonchev–Trinajstić information content (AvgIpc) is 2.70. The molecule has 0 saturated heterocycles. The van der Waals surface area contributed by atoms with Crippen molar-refractivity contribution in [1.29, 1.82) is 0 Å². The Labute approximate surface area is 94.8 Å². The van der Waals surface area contributed by atoms with Crippen LogP contribution in [-0.2, 0) is 4.79 Å². The maximum Gasteiger partial charge on any atom is 0.329 e. The molecular weight excluding hydrogens is 230 g/mol. The fraction of sp³-hybridized carbons (Fsp3) is 0.222. The average molecular weight is 239 g/mol. The lowest BCUT2D eigenvalue weighted by molar-refractivity contribution is -0.137. The number of H-pyrrole nitrogens is 1. The molecule has 1 atom stereocenters. The normalized spacial score (nSPS) is 19.2. The Hall–Kier alpha value is -1.76. The molecule has 0 radical (unpaired) electrons. The van der Waals surface area contributed by atoms with E-state index in [1.54, 1.807) is 0 Å². The summed E-state index contributed by atoms with van der Waals surface area (Å²) < 4.78 is 0. The van der Waals surface area contributed by atoms with Crippen molar-refractivity contribution in [3.8, 4) is 0 Å². The predicted octanol–water partition coefficient (Wildman–Crippen LogP) is 0.343.